The van der Waals surface area contributed by atoms with Gasteiger partial charge >= 0.3 is 0 Å². The summed E-state index contributed by atoms with van der Waals surface area (Å²) in [6.45, 7) is 3.53. The normalized spacial score (nSPS) is 10.5. The lowest BCUT2D eigenvalue weighted by atomic mass is 10.2. The van der Waals surface area contributed by atoms with Gasteiger partial charge in [0.1, 0.15) is 5.82 Å². The molecule has 0 bridgehead atoms. The summed E-state index contributed by atoms with van der Waals surface area (Å²) in [5.74, 6) is -0.235. The van der Waals surface area contributed by atoms with Gasteiger partial charge in [-0.05, 0) is 52.7 Å². The molecule has 0 spiro atoms. The van der Waals surface area contributed by atoms with Gasteiger partial charge in [-0.3, -0.25) is 0 Å². The molecular formula is C15H16BrFN2. The molecule has 0 aromatic heterocycles. The smallest absolute Gasteiger partial charge is 0.137 e. The Hall–Kier alpha value is -1.55. The molecule has 0 unspecified atom stereocenters. The van der Waals surface area contributed by atoms with Gasteiger partial charge in [-0.15, -0.1) is 0 Å². The van der Waals surface area contributed by atoms with E-state index in [0.717, 1.165) is 23.5 Å². The second kappa shape index (κ2) is 6.06. The second-order valence-electron chi connectivity index (χ2n) is 4.32. The topological polar surface area (TPSA) is 29.3 Å². The van der Waals surface area contributed by atoms with Crippen molar-refractivity contribution >= 4 is 27.3 Å². The molecule has 2 nitrogen and oxygen atoms in total. The van der Waals surface area contributed by atoms with Crippen LogP contribution in [0.4, 0.5) is 15.8 Å². The molecule has 0 amide bonds. The summed E-state index contributed by atoms with van der Waals surface area (Å²) in [5, 5.41) is 0. The van der Waals surface area contributed by atoms with Crippen molar-refractivity contribution in [3.05, 3.63) is 58.3 Å². The zero-order valence-electron chi connectivity index (χ0n) is 10.7. The SMILES string of the molecule is CCN(Cc1cccc(F)c1Br)c1cccc(N)c1. The molecule has 100 valence electrons. The molecule has 2 N–H and O–H groups in total. The van der Waals surface area contributed by atoms with Crippen molar-refractivity contribution in [1.29, 1.82) is 0 Å². The highest BCUT2D eigenvalue weighted by Crippen LogP contribution is 2.25. The summed E-state index contributed by atoms with van der Waals surface area (Å²) in [6.07, 6.45) is 0. The number of nitrogen functional groups attached to an aromatic ring is 1. The zero-order chi connectivity index (χ0) is 13.8. The molecule has 0 fully saturated rings. The minimum Gasteiger partial charge on any atom is -0.399 e. The minimum absolute atomic E-state index is 0.235. The fraction of sp³-hybridized carbons (Fsp3) is 0.200. The van der Waals surface area contributed by atoms with E-state index in [9.17, 15) is 4.39 Å². The van der Waals surface area contributed by atoms with E-state index >= 15 is 0 Å². The van der Waals surface area contributed by atoms with Gasteiger partial charge in [0.2, 0.25) is 0 Å². The highest BCUT2D eigenvalue weighted by molar-refractivity contribution is 9.10. The summed E-state index contributed by atoms with van der Waals surface area (Å²) in [7, 11) is 0. The van der Waals surface area contributed by atoms with Crippen molar-refractivity contribution in [2.45, 2.75) is 13.5 Å². The Kier molecular flexibility index (Phi) is 4.43. The van der Waals surface area contributed by atoms with Crippen molar-refractivity contribution < 1.29 is 4.39 Å². The Morgan fingerprint density at radius 1 is 1.21 bits per heavy atom. The first-order valence-corrected chi connectivity index (χ1v) is 6.94. The monoisotopic (exact) mass is 322 g/mol. The molecule has 0 saturated heterocycles. The van der Waals surface area contributed by atoms with Gasteiger partial charge < -0.3 is 10.6 Å². The molecular weight excluding hydrogens is 307 g/mol. The summed E-state index contributed by atoms with van der Waals surface area (Å²) in [4.78, 5) is 2.15. The summed E-state index contributed by atoms with van der Waals surface area (Å²) in [5.41, 5.74) is 8.49. The second-order valence-corrected chi connectivity index (χ2v) is 5.12. The average Bonchev–Trinajstić information content (AvgIpc) is 2.40. The third-order valence-electron chi connectivity index (χ3n) is 3.01. The van der Waals surface area contributed by atoms with E-state index in [2.05, 4.69) is 27.8 Å². The lowest BCUT2D eigenvalue weighted by Gasteiger charge is -2.24. The number of halogens is 2. The van der Waals surface area contributed by atoms with Gasteiger partial charge in [-0.1, -0.05) is 18.2 Å². The highest BCUT2D eigenvalue weighted by atomic mass is 79.9. The molecule has 2 aromatic rings. The molecule has 0 heterocycles. The molecule has 0 atom stereocenters. The molecule has 2 aromatic carbocycles. The zero-order valence-corrected chi connectivity index (χ0v) is 12.3. The number of rotatable bonds is 4. The minimum atomic E-state index is -0.235. The molecule has 0 aliphatic heterocycles. The third-order valence-corrected chi connectivity index (χ3v) is 3.90. The van der Waals surface area contributed by atoms with Gasteiger partial charge in [0, 0.05) is 24.5 Å². The van der Waals surface area contributed by atoms with Crippen molar-refractivity contribution in [2.75, 3.05) is 17.2 Å². The van der Waals surface area contributed by atoms with Crippen LogP contribution in [0, 0.1) is 5.82 Å². The van der Waals surface area contributed by atoms with Crippen LogP contribution in [0.3, 0.4) is 0 Å². The van der Waals surface area contributed by atoms with Gasteiger partial charge in [-0.25, -0.2) is 4.39 Å². The Morgan fingerprint density at radius 2 is 1.95 bits per heavy atom. The fourth-order valence-corrected chi connectivity index (χ4v) is 2.37. The Bertz CT molecular complexity index is 572. The van der Waals surface area contributed by atoms with E-state index in [0.29, 0.717) is 11.0 Å². The maximum Gasteiger partial charge on any atom is 0.137 e. The standard InChI is InChI=1S/C15H16BrFN2/c1-2-19(13-7-4-6-12(18)9-13)10-11-5-3-8-14(17)15(11)16/h3-9H,2,10,18H2,1H3. The van der Waals surface area contributed by atoms with Crippen LogP contribution in [0.5, 0.6) is 0 Å². The number of anilines is 2. The molecule has 0 aliphatic rings. The fourth-order valence-electron chi connectivity index (χ4n) is 1.98. The van der Waals surface area contributed by atoms with Gasteiger partial charge in [-0.2, -0.15) is 0 Å². The van der Waals surface area contributed by atoms with E-state index in [1.807, 2.05) is 30.3 Å². The quantitative estimate of drug-likeness (QED) is 0.855. The lowest BCUT2D eigenvalue weighted by Crippen LogP contribution is -2.22. The van der Waals surface area contributed by atoms with Crippen LogP contribution >= 0.6 is 15.9 Å². The highest BCUT2D eigenvalue weighted by Gasteiger charge is 2.10. The number of nitrogens with two attached hydrogens (primary N) is 1. The molecule has 2 rings (SSSR count). The van der Waals surface area contributed by atoms with Crippen LogP contribution < -0.4 is 10.6 Å². The van der Waals surface area contributed by atoms with Crippen LogP contribution in [-0.4, -0.2) is 6.54 Å². The largest absolute Gasteiger partial charge is 0.399 e. The van der Waals surface area contributed by atoms with E-state index < -0.39 is 0 Å². The van der Waals surface area contributed by atoms with Gasteiger partial charge in [0.25, 0.3) is 0 Å². The predicted octanol–water partition coefficient (Wildman–Crippen LogP) is 4.20. The van der Waals surface area contributed by atoms with Crippen molar-refractivity contribution in [3.63, 3.8) is 0 Å². The number of nitrogens with zero attached hydrogens (tertiary/aromatic N) is 1. The van der Waals surface area contributed by atoms with Crippen molar-refractivity contribution in [1.82, 2.24) is 0 Å². The maximum atomic E-state index is 13.5. The van der Waals surface area contributed by atoms with Crippen LogP contribution in [0.1, 0.15) is 12.5 Å². The van der Waals surface area contributed by atoms with Crippen LogP contribution in [-0.2, 0) is 6.54 Å². The van der Waals surface area contributed by atoms with Crippen LogP contribution in [0.2, 0.25) is 0 Å². The number of hydrogen-bond acceptors (Lipinski definition) is 2. The molecule has 0 aliphatic carbocycles. The molecule has 0 radical (unpaired) electrons. The first-order valence-electron chi connectivity index (χ1n) is 6.15. The van der Waals surface area contributed by atoms with Gasteiger partial charge in [0.05, 0.1) is 4.47 Å². The van der Waals surface area contributed by atoms with E-state index in [4.69, 9.17) is 5.73 Å². The van der Waals surface area contributed by atoms with Crippen molar-refractivity contribution in [2.24, 2.45) is 0 Å². The lowest BCUT2D eigenvalue weighted by molar-refractivity contribution is 0.617. The van der Waals surface area contributed by atoms with Crippen LogP contribution in [0.15, 0.2) is 46.9 Å². The first-order chi connectivity index (χ1) is 9.11. The number of hydrogen-bond donors (Lipinski definition) is 1. The maximum absolute atomic E-state index is 13.5. The molecule has 19 heavy (non-hydrogen) atoms. The summed E-state index contributed by atoms with van der Waals surface area (Å²) in [6, 6.07) is 12.8. The molecule has 4 heteroatoms. The predicted molar refractivity (Wildman–Crippen MR) is 81.7 cm³/mol. The van der Waals surface area contributed by atoms with Crippen molar-refractivity contribution in [3.8, 4) is 0 Å². The number of benzene rings is 2. The molecule has 0 saturated carbocycles. The Morgan fingerprint density at radius 3 is 2.63 bits per heavy atom. The summed E-state index contributed by atoms with van der Waals surface area (Å²) >= 11 is 3.30. The van der Waals surface area contributed by atoms with E-state index in [1.165, 1.54) is 6.07 Å². The van der Waals surface area contributed by atoms with Gasteiger partial charge in [0.15, 0.2) is 0 Å². The Labute approximate surface area is 121 Å². The van der Waals surface area contributed by atoms with E-state index in [-0.39, 0.29) is 5.82 Å². The summed E-state index contributed by atoms with van der Waals surface area (Å²) < 4.78 is 14.0. The third kappa shape index (κ3) is 3.26. The van der Waals surface area contributed by atoms with E-state index in [1.54, 1.807) is 6.07 Å². The Balaban J connectivity index is 2.26. The average molecular weight is 323 g/mol. The van der Waals surface area contributed by atoms with Crippen LogP contribution in [0.25, 0.3) is 0 Å². The first kappa shape index (κ1) is 13.9.